The Morgan fingerprint density at radius 2 is 1.00 bits per heavy atom. The maximum absolute atomic E-state index is 11.0. The molecule has 0 aliphatic heterocycles. The molecule has 0 spiro atoms. The van der Waals surface area contributed by atoms with E-state index in [1.807, 2.05) is 0 Å². The van der Waals surface area contributed by atoms with Gasteiger partial charge < -0.3 is 14.2 Å². The molecule has 0 aliphatic carbocycles. The van der Waals surface area contributed by atoms with Crippen molar-refractivity contribution in [2.24, 2.45) is 0 Å². The van der Waals surface area contributed by atoms with E-state index >= 15 is 0 Å². The predicted octanol–water partition coefficient (Wildman–Crippen LogP) is 2.61. The molecule has 0 aromatic heterocycles. The summed E-state index contributed by atoms with van der Waals surface area (Å²) in [7, 11) is 0. The Morgan fingerprint density at radius 1 is 0.750 bits per heavy atom. The summed E-state index contributed by atoms with van der Waals surface area (Å²) in [4.78, 5) is 22.0. The van der Waals surface area contributed by atoms with Gasteiger partial charge in [-0.25, -0.2) is 9.59 Å². The molecule has 5 nitrogen and oxygen atoms in total. The fourth-order valence-electron chi connectivity index (χ4n) is 0.610. The molecule has 0 unspecified atom stereocenters. The number of hydrogen-bond acceptors (Lipinski definition) is 5. The second-order valence-electron chi connectivity index (χ2n) is 5.03. The molecule has 16 heavy (non-hydrogen) atoms. The number of carbonyl (C=O) groups is 2. The van der Waals surface area contributed by atoms with Crippen molar-refractivity contribution >= 4 is 12.3 Å². The van der Waals surface area contributed by atoms with Crippen LogP contribution in [0.4, 0.5) is 9.59 Å². The minimum atomic E-state index is -1.06. The molecule has 0 bridgehead atoms. The van der Waals surface area contributed by atoms with Crippen molar-refractivity contribution in [1.82, 2.24) is 0 Å². The van der Waals surface area contributed by atoms with Crippen molar-refractivity contribution in [2.45, 2.75) is 52.7 Å². The molecule has 0 fully saturated rings. The molecule has 0 N–H and O–H groups in total. The SMILES string of the molecule is CC(C)(C)OC(=O)OC(=O)OC(C)(C)C.[AtH]. The average molecular weight is 429 g/mol. The molecule has 0 aromatic rings. The van der Waals surface area contributed by atoms with Gasteiger partial charge in [0.05, 0.1) is 0 Å². The number of rotatable bonds is 0. The van der Waals surface area contributed by atoms with Gasteiger partial charge in [-0.3, -0.25) is 0 Å². The molecule has 0 rings (SSSR count). The van der Waals surface area contributed by atoms with E-state index in [2.05, 4.69) is 4.74 Å². The summed E-state index contributed by atoms with van der Waals surface area (Å²) in [6.45, 7) is 10.0. The van der Waals surface area contributed by atoms with Crippen LogP contribution in [0.15, 0.2) is 0 Å². The van der Waals surface area contributed by atoms with Gasteiger partial charge in [-0.15, -0.1) is 0 Å². The van der Waals surface area contributed by atoms with Crippen LogP contribution in [0.25, 0.3) is 0 Å². The first-order valence-electron chi connectivity index (χ1n) is 4.63. The molecule has 0 saturated carbocycles. The third kappa shape index (κ3) is 11.7. The average Bonchev–Trinajstić information content (AvgIpc) is 1.73. The first-order chi connectivity index (χ1) is 6.49. The molecule has 0 aliphatic rings. The van der Waals surface area contributed by atoms with Crippen molar-refractivity contribution in [2.75, 3.05) is 0 Å². The number of hydrogen-bond donors (Lipinski definition) is 0. The van der Waals surface area contributed by atoms with Gasteiger partial charge in [-0.2, -0.15) is 0 Å². The third-order valence-corrected chi connectivity index (χ3v) is 0.946. The van der Waals surface area contributed by atoms with Gasteiger partial charge in [0.2, 0.25) is 0 Å². The molecular weight excluding hydrogens is 410 g/mol. The Bertz CT molecular complexity index is 223. The van der Waals surface area contributed by atoms with E-state index in [-0.39, 0.29) is 26.2 Å². The molecule has 0 radical (unpaired) electrons. The second-order valence-corrected chi connectivity index (χ2v) is 5.03. The summed E-state index contributed by atoms with van der Waals surface area (Å²) < 4.78 is 13.8. The molecule has 0 saturated heterocycles. The van der Waals surface area contributed by atoms with Crippen LogP contribution in [-0.2, 0) is 14.2 Å². The molecular formula is C10H19AtO5. The zero-order valence-electron chi connectivity index (χ0n) is 10.4. The quantitative estimate of drug-likeness (QED) is 0.438. The van der Waals surface area contributed by atoms with Gasteiger partial charge in [0.15, 0.2) is 0 Å². The molecule has 96 valence electrons. The van der Waals surface area contributed by atoms with E-state index in [4.69, 9.17) is 9.47 Å². The van der Waals surface area contributed by atoms with Gasteiger partial charge in [-0.1, -0.05) is 0 Å². The van der Waals surface area contributed by atoms with E-state index in [0.29, 0.717) is 0 Å². The number of ether oxygens (including phenoxy) is 3. The molecule has 6 heteroatoms. The summed E-state index contributed by atoms with van der Waals surface area (Å²) in [5.41, 5.74) is -1.39. The van der Waals surface area contributed by atoms with Crippen LogP contribution < -0.4 is 0 Å². The van der Waals surface area contributed by atoms with Gasteiger partial charge >= 0.3 is 38.5 Å². The van der Waals surface area contributed by atoms with Crippen molar-refractivity contribution < 1.29 is 50.0 Å². The molecule has 0 heterocycles. The summed E-state index contributed by atoms with van der Waals surface area (Å²) >= 11 is 0. The zero-order valence-corrected chi connectivity index (χ0v) is 13.6. The third-order valence-electron chi connectivity index (χ3n) is 0.946. The fourth-order valence-corrected chi connectivity index (χ4v) is 0.610. The second kappa shape index (κ2) is 6.38. The van der Waals surface area contributed by atoms with E-state index in [1.54, 1.807) is 41.5 Å². The standard InChI is InChI=1S/C10H18O5.AtH/c1-9(2,3)14-7(11)13-8(12)15-10(4,5)6;/h1-6H3;1H. The van der Waals surface area contributed by atoms with Gasteiger partial charge in [-0.05, 0) is 41.5 Å². The Hall–Kier alpha value is -0.377. The normalized spacial score (nSPS) is 11.1. The maximum atomic E-state index is 11.0. The summed E-state index contributed by atoms with van der Waals surface area (Å²) in [6, 6.07) is 0. The van der Waals surface area contributed by atoms with Crippen molar-refractivity contribution in [1.29, 1.82) is 0 Å². The molecule has 0 aromatic carbocycles. The van der Waals surface area contributed by atoms with Crippen LogP contribution in [0.5, 0.6) is 0 Å². The van der Waals surface area contributed by atoms with Crippen molar-refractivity contribution in [3.63, 3.8) is 0 Å². The molecule has 0 atom stereocenters. The van der Waals surface area contributed by atoms with Gasteiger partial charge in [0.1, 0.15) is 11.2 Å². The Balaban J connectivity index is 0. The van der Waals surface area contributed by atoms with Gasteiger partial charge in [0.25, 0.3) is 0 Å². The predicted molar refractivity (Wildman–Crippen MR) is 54.9 cm³/mol. The Morgan fingerprint density at radius 3 is 1.19 bits per heavy atom. The number of carbonyl (C=O) groups excluding carboxylic acids is 2. The first kappa shape index (κ1) is 18.0. The monoisotopic (exact) mass is 429 g/mol. The van der Waals surface area contributed by atoms with Crippen LogP contribution in [-0.4, -0.2) is 23.5 Å². The van der Waals surface area contributed by atoms with Crippen molar-refractivity contribution in [3.8, 4) is 0 Å². The van der Waals surface area contributed by atoms with E-state index in [1.165, 1.54) is 0 Å². The van der Waals surface area contributed by atoms with Crippen molar-refractivity contribution in [3.05, 3.63) is 0 Å². The Labute approximate surface area is 115 Å². The first-order valence-corrected chi connectivity index (χ1v) is 4.63. The summed E-state index contributed by atoms with van der Waals surface area (Å²) in [6.07, 6.45) is -2.12. The van der Waals surface area contributed by atoms with E-state index in [0.717, 1.165) is 0 Å². The van der Waals surface area contributed by atoms with Crippen LogP contribution in [0.1, 0.15) is 41.5 Å². The zero-order chi connectivity index (χ0) is 12.3. The topological polar surface area (TPSA) is 61.8 Å². The summed E-state index contributed by atoms with van der Waals surface area (Å²) in [5.74, 6) is 0. The van der Waals surface area contributed by atoms with E-state index < -0.39 is 23.5 Å². The minimum absolute atomic E-state index is 0. The van der Waals surface area contributed by atoms with Crippen LogP contribution in [0, 0.1) is 26.2 Å². The Kier molecular flexibility index (Phi) is 7.18. The van der Waals surface area contributed by atoms with Crippen LogP contribution in [0.3, 0.4) is 0 Å². The van der Waals surface area contributed by atoms with Gasteiger partial charge in [0, 0.05) is 0 Å². The van der Waals surface area contributed by atoms with Crippen LogP contribution >= 0.6 is 0 Å². The van der Waals surface area contributed by atoms with E-state index in [9.17, 15) is 9.59 Å². The summed E-state index contributed by atoms with van der Waals surface area (Å²) in [5, 5.41) is 0. The fraction of sp³-hybridized carbons (Fsp3) is 0.800. The molecule has 0 amide bonds. The van der Waals surface area contributed by atoms with Crippen LogP contribution in [0.2, 0.25) is 0 Å².